The predicted molar refractivity (Wildman–Crippen MR) is 68.5 cm³/mol. The Hall–Kier alpha value is -0.170. The molecular weight excluding hydrogens is 240 g/mol. The normalized spacial score (nSPS) is 23.5. The molecule has 2 unspecified atom stereocenters. The highest BCUT2D eigenvalue weighted by Crippen LogP contribution is 2.17. The molecule has 0 amide bonds. The highest BCUT2D eigenvalue weighted by molar-refractivity contribution is 7.89. The third kappa shape index (κ3) is 3.91. The smallest absolute Gasteiger partial charge is 0.218 e. The van der Waals surface area contributed by atoms with Crippen molar-refractivity contribution in [2.24, 2.45) is 0 Å². The van der Waals surface area contributed by atoms with Gasteiger partial charge in [-0.1, -0.05) is 13.8 Å². The summed E-state index contributed by atoms with van der Waals surface area (Å²) in [5, 5.41) is 2.75. The van der Waals surface area contributed by atoms with Gasteiger partial charge < -0.3 is 10.1 Å². The first kappa shape index (κ1) is 14.9. The lowest BCUT2D eigenvalue weighted by molar-refractivity contribution is 0.180. The van der Waals surface area contributed by atoms with Gasteiger partial charge in [-0.05, 0) is 13.3 Å². The summed E-state index contributed by atoms with van der Waals surface area (Å²) in [5.74, 6) is 0. The topological polar surface area (TPSA) is 58.6 Å². The Morgan fingerprint density at radius 2 is 2.06 bits per heavy atom. The third-order valence-electron chi connectivity index (χ3n) is 3.14. The molecule has 1 fully saturated rings. The lowest BCUT2D eigenvalue weighted by Gasteiger charge is -2.26. The van der Waals surface area contributed by atoms with Crippen molar-refractivity contribution >= 4 is 10.0 Å². The molecule has 1 saturated heterocycles. The Morgan fingerprint density at radius 3 is 2.53 bits per heavy atom. The Kier molecular flexibility index (Phi) is 5.37. The Bertz CT molecular complexity index is 324. The largest absolute Gasteiger partial charge is 0.380 e. The predicted octanol–water partition coefficient (Wildman–Crippen LogP) is 0.423. The van der Waals surface area contributed by atoms with Crippen molar-refractivity contribution in [2.45, 2.75) is 44.5 Å². The maximum absolute atomic E-state index is 12.3. The first-order valence-corrected chi connectivity index (χ1v) is 7.64. The minimum absolute atomic E-state index is 0.00139. The fourth-order valence-corrected chi connectivity index (χ4v) is 3.26. The molecule has 1 aliphatic heterocycles. The molecule has 1 rings (SSSR count). The molecule has 0 radical (unpaired) electrons. The van der Waals surface area contributed by atoms with Gasteiger partial charge >= 0.3 is 0 Å². The van der Waals surface area contributed by atoms with E-state index in [4.69, 9.17) is 4.74 Å². The zero-order valence-corrected chi connectivity index (χ0v) is 12.0. The fourth-order valence-electron chi connectivity index (χ4n) is 1.81. The summed E-state index contributed by atoms with van der Waals surface area (Å²) in [7, 11) is -1.57. The lowest BCUT2D eigenvalue weighted by Crippen LogP contribution is -2.45. The molecule has 102 valence electrons. The van der Waals surface area contributed by atoms with Crippen molar-refractivity contribution in [3.05, 3.63) is 0 Å². The van der Waals surface area contributed by atoms with Crippen LogP contribution in [0.2, 0.25) is 0 Å². The molecule has 5 nitrogen and oxygen atoms in total. The molecule has 0 aliphatic carbocycles. The van der Waals surface area contributed by atoms with Crippen LogP contribution < -0.4 is 5.32 Å². The number of hydrogen-bond acceptors (Lipinski definition) is 4. The van der Waals surface area contributed by atoms with Crippen molar-refractivity contribution < 1.29 is 13.2 Å². The van der Waals surface area contributed by atoms with E-state index in [1.54, 1.807) is 14.0 Å². The van der Waals surface area contributed by atoms with E-state index >= 15 is 0 Å². The van der Waals surface area contributed by atoms with Crippen LogP contribution in [0.1, 0.15) is 27.2 Å². The standard InChI is InChI=1S/C11H24N2O3S/c1-9(2)12-7-10(3)17(14,15)13(4)11-5-6-16-8-11/h9-12H,5-8H2,1-4H3. The van der Waals surface area contributed by atoms with Gasteiger partial charge in [0.05, 0.1) is 17.9 Å². The van der Waals surface area contributed by atoms with Gasteiger partial charge in [0.15, 0.2) is 0 Å². The van der Waals surface area contributed by atoms with Crippen molar-refractivity contribution in [2.75, 3.05) is 26.8 Å². The lowest BCUT2D eigenvalue weighted by atomic mass is 10.3. The summed E-state index contributed by atoms with van der Waals surface area (Å²) < 4.78 is 31.2. The summed E-state index contributed by atoms with van der Waals surface area (Å²) >= 11 is 0. The number of nitrogens with one attached hydrogen (secondary N) is 1. The van der Waals surface area contributed by atoms with Crippen molar-refractivity contribution in [1.82, 2.24) is 9.62 Å². The maximum atomic E-state index is 12.3. The number of hydrogen-bond donors (Lipinski definition) is 1. The van der Waals surface area contributed by atoms with Gasteiger partial charge in [0, 0.05) is 26.2 Å². The van der Waals surface area contributed by atoms with Crippen LogP contribution in [0.5, 0.6) is 0 Å². The molecule has 6 heteroatoms. The molecule has 1 heterocycles. The zero-order valence-electron chi connectivity index (χ0n) is 11.1. The molecular formula is C11H24N2O3S. The quantitative estimate of drug-likeness (QED) is 0.755. The van der Waals surface area contributed by atoms with Crippen LogP contribution in [-0.4, -0.2) is 56.9 Å². The molecule has 0 aromatic rings. The second-order valence-electron chi connectivity index (χ2n) is 4.95. The van der Waals surface area contributed by atoms with E-state index in [0.717, 1.165) is 6.42 Å². The van der Waals surface area contributed by atoms with Gasteiger partial charge in [0.2, 0.25) is 10.0 Å². The highest BCUT2D eigenvalue weighted by atomic mass is 32.2. The van der Waals surface area contributed by atoms with Crippen LogP contribution in [0, 0.1) is 0 Å². The summed E-state index contributed by atoms with van der Waals surface area (Å²) in [4.78, 5) is 0. The second-order valence-corrected chi connectivity index (χ2v) is 7.36. The molecule has 17 heavy (non-hydrogen) atoms. The summed E-state index contributed by atoms with van der Waals surface area (Å²) in [6.07, 6.45) is 0.792. The second kappa shape index (κ2) is 6.13. The molecule has 1 N–H and O–H groups in total. The van der Waals surface area contributed by atoms with Crippen LogP contribution >= 0.6 is 0 Å². The van der Waals surface area contributed by atoms with Gasteiger partial charge in [-0.15, -0.1) is 0 Å². The van der Waals surface area contributed by atoms with E-state index in [0.29, 0.717) is 25.8 Å². The van der Waals surface area contributed by atoms with Crippen LogP contribution in [0.4, 0.5) is 0 Å². The molecule has 0 aromatic heterocycles. The Labute approximate surface area is 105 Å². The number of ether oxygens (including phenoxy) is 1. The van der Waals surface area contributed by atoms with Crippen LogP contribution in [-0.2, 0) is 14.8 Å². The summed E-state index contributed by atoms with van der Waals surface area (Å²) in [6, 6.07) is 0.300. The maximum Gasteiger partial charge on any atom is 0.218 e. The average Bonchev–Trinajstić information content (AvgIpc) is 2.77. The molecule has 2 atom stereocenters. The SMILES string of the molecule is CC(C)NCC(C)S(=O)(=O)N(C)C1CCOC1. The molecule has 0 bridgehead atoms. The van der Waals surface area contributed by atoms with Crippen molar-refractivity contribution in [3.8, 4) is 0 Å². The Balaban J connectivity index is 2.59. The van der Waals surface area contributed by atoms with E-state index in [2.05, 4.69) is 5.32 Å². The fraction of sp³-hybridized carbons (Fsp3) is 1.00. The molecule has 0 aromatic carbocycles. The number of sulfonamides is 1. The van der Waals surface area contributed by atoms with Crippen molar-refractivity contribution in [3.63, 3.8) is 0 Å². The third-order valence-corrected chi connectivity index (χ3v) is 5.43. The monoisotopic (exact) mass is 264 g/mol. The number of nitrogens with zero attached hydrogens (tertiary/aromatic N) is 1. The molecule has 0 spiro atoms. The highest BCUT2D eigenvalue weighted by Gasteiger charge is 2.33. The number of rotatable bonds is 6. The minimum Gasteiger partial charge on any atom is -0.380 e. The van der Waals surface area contributed by atoms with E-state index in [1.165, 1.54) is 4.31 Å². The first-order chi connectivity index (χ1) is 7.85. The Morgan fingerprint density at radius 1 is 1.41 bits per heavy atom. The first-order valence-electron chi connectivity index (χ1n) is 6.13. The van der Waals surface area contributed by atoms with Gasteiger partial charge in [0.25, 0.3) is 0 Å². The van der Waals surface area contributed by atoms with Crippen LogP contribution in [0.3, 0.4) is 0 Å². The van der Waals surface area contributed by atoms with Gasteiger partial charge in [-0.25, -0.2) is 8.42 Å². The number of likely N-dealkylation sites (N-methyl/N-ethyl adjacent to an activating group) is 1. The van der Waals surface area contributed by atoms with Crippen LogP contribution in [0.15, 0.2) is 0 Å². The zero-order chi connectivity index (χ0) is 13.1. The van der Waals surface area contributed by atoms with Crippen molar-refractivity contribution in [1.29, 1.82) is 0 Å². The average molecular weight is 264 g/mol. The molecule has 0 saturated carbocycles. The molecule has 1 aliphatic rings. The van der Waals surface area contributed by atoms with E-state index in [1.807, 2.05) is 13.8 Å². The van der Waals surface area contributed by atoms with E-state index in [9.17, 15) is 8.42 Å². The summed E-state index contributed by atoms with van der Waals surface area (Å²) in [5.41, 5.74) is 0. The van der Waals surface area contributed by atoms with Gasteiger partial charge in [-0.2, -0.15) is 4.31 Å². The van der Waals surface area contributed by atoms with Crippen LogP contribution in [0.25, 0.3) is 0 Å². The van der Waals surface area contributed by atoms with E-state index < -0.39 is 15.3 Å². The van der Waals surface area contributed by atoms with Gasteiger partial charge in [-0.3, -0.25) is 0 Å². The van der Waals surface area contributed by atoms with E-state index in [-0.39, 0.29) is 6.04 Å². The minimum atomic E-state index is -3.23. The summed E-state index contributed by atoms with van der Waals surface area (Å²) in [6.45, 7) is 7.42. The van der Waals surface area contributed by atoms with Gasteiger partial charge in [0.1, 0.15) is 0 Å².